The van der Waals surface area contributed by atoms with Crippen LogP contribution < -0.4 is 0 Å². The third-order valence-corrected chi connectivity index (χ3v) is 6.56. The average molecular weight is 379 g/mol. The highest BCUT2D eigenvalue weighted by molar-refractivity contribution is 5.88. The van der Waals surface area contributed by atoms with Crippen molar-refractivity contribution in [1.82, 2.24) is 0 Å². The lowest BCUT2D eigenvalue weighted by molar-refractivity contribution is 0.259. The summed E-state index contributed by atoms with van der Waals surface area (Å²) < 4.78 is 28.2. The number of benzene rings is 3. The molecule has 2 heteroatoms. The van der Waals surface area contributed by atoms with E-state index < -0.39 is 0 Å². The molecule has 0 heterocycles. The van der Waals surface area contributed by atoms with E-state index in [4.69, 9.17) is 0 Å². The van der Waals surface area contributed by atoms with E-state index in [9.17, 15) is 4.39 Å². The van der Waals surface area contributed by atoms with Gasteiger partial charge in [-0.05, 0) is 53.3 Å². The van der Waals surface area contributed by atoms with Gasteiger partial charge >= 0.3 is 0 Å². The molecule has 3 aromatic carbocycles. The SMILES string of the molecule is CCC1CCC(CCc2ccc3c(F)c(-c4ccc(F)cc4)ccc3c2)CC1. The maximum Gasteiger partial charge on any atom is 0.138 e. The summed E-state index contributed by atoms with van der Waals surface area (Å²) in [5.74, 6) is 1.25. The molecule has 28 heavy (non-hydrogen) atoms. The van der Waals surface area contributed by atoms with Crippen molar-refractivity contribution in [1.29, 1.82) is 0 Å². The van der Waals surface area contributed by atoms with Crippen LogP contribution in [0.5, 0.6) is 0 Å². The number of fused-ring (bicyclic) bond motifs is 1. The Bertz CT molecular complexity index is 935. The molecule has 0 amide bonds. The molecule has 0 unspecified atom stereocenters. The topological polar surface area (TPSA) is 0 Å². The molecule has 0 nitrogen and oxygen atoms in total. The van der Waals surface area contributed by atoms with E-state index in [0.717, 1.165) is 23.6 Å². The van der Waals surface area contributed by atoms with E-state index in [1.54, 1.807) is 18.2 Å². The van der Waals surface area contributed by atoms with Gasteiger partial charge in [-0.15, -0.1) is 0 Å². The van der Waals surface area contributed by atoms with E-state index in [1.807, 2.05) is 12.1 Å². The average Bonchev–Trinajstić information content (AvgIpc) is 2.74. The van der Waals surface area contributed by atoms with E-state index >= 15 is 4.39 Å². The van der Waals surface area contributed by atoms with Crippen molar-refractivity contribution < 1.29 is 8.78 Å². The Morgan fingerprint density at radius 2 is 1.54 bits per heavy atom. The molecule has 0 radical (unpaired) electrons. The second kappa shape index (κ2) is 8.43. The molecule has 0 aliphatic heterocycles. The minimum atomic E-state index is -0.308. The van der Waals surface area contributed by atoms with Crippen LogP contribution in [0.4, 0.5) is 8.78 Å². The van der Waals surface area contributed by atoms with Crippen LogP contribution >= 0.6 is 0 Å². The Labute approximate surface area is 166 Å². The van der Waals surface area contributed by atoms with Crippen LogP contribution in [0.1, 0.15) is 51.0 Å². The van der Waals surface area contributed by atoms with E-state index in [-0.39, 0.29) is 11.6 Å². The number of hydrogen-bond acceptors (Lipinski definition) is 0. The zero-order valence-corrected chi connectivity index (χ0v) is 16.6. The third-order valence-electron chi connectivity index (χ3n) is 6.56. The molecule has 1 fully saturated rings. The van der Waals surface area contributed by atoms with Crippen LogP contribution in [0.15, 0.2) is 54.6 Å². The van der Waals surface area contributed by atoms with E-state index in [2.05, 4.69) is 19.1 Å². The summed E-state index contributed by atoms with van der Waals surface area (Å²) in [7, 11) is 0. The molecule has 0 aromatic heterocycles. The lowest BCUT2D eigenvalue weighted by atomic mass is 9.78. The number of hydrogen-bond donors (Lipinski definition) is 0. The molecule has 4 rings (SSSR count). The van der Waals surface area contributed by atoms with Gasteiger partial charge in [0.25, 0.3) is 0 Å². The Balaban J connectivity index is 1.49. The Kier molecular flexibility index (Phi) is 5.75. The van der Waals surface area contributed by atoms with Gasteiger partial charge in [0.05, 0.1) is 0 Å². The summed E-state index contributed by atoms with van der Waals surface area (Å²) in [6, 6.07) is 15.9. The fourth-order valence-electron chi connectivity index (χ4n) is 4.65. The van der Waals surface area contributed by atoms with Crippen molar-refractivity contribution in [2.75, 3.05) is 0 Å². The minimum absolute atomic E-state index is 0.228. The van der Waals surface area contributed by atoms with Crippen molar-refractivity contribution in [3.63, 3.8) is 0 Å². The highest BCUT2D eigenvalue weighted by Crippen LogP contribution is 2.34. The predicted molar refractivity (Wildman–Crippen MR) is 113 cm³/mol. The lowest BCUT2D eigenvalue weighted by Gasteiger charge is -2.27. The smallest absolute Gasteiger partial charge is 0.138 e. The second-order valence-corrected chi connectivity index (χ2v) is 8.32. The summed E-state index contributed by atoms with van der Waals surface area (Å²) in [4.78, 5) is 0. The number of halogens is 2. The maximum absolute atomic E-state index is 15.0. The van der Waals surface area contributed by atoms with Gasteiger partial charge in [0.15, 0.2) is 0 Å². The monoisotopic (exact) mass is 378 g/mol. The second-order valence-electron chi connectivity index (χ2n) is 8.32. The van der Waals surface area contributed by atoms with Gasteiger partial charge in [-0.3, -0.25) is 0 Å². The summed E-state index contributed by atoms with van der Waals surface area (Å²) in [5.41, 5.74) is 2.51. The number of rotatable bonds is 5. The molecular formula is C26H28F2. The fourth-order valence-corrected chi connectivity index (χ4v) is 4.65. The van der Waals surface area contributed by atoms with Crippen molar-refractivity contribution in [2.24, 2.45) is 11.8 Å². The van der Waals surface area contributed by atoms with E-state index in [1.165, 1.54) is 56.2 Å². The summed E-state index contributed by atoms with van der Waals surface area (Å²) in [6.45, 7) is 2.31. The summed E-state index contributed by atoms with van der Waals surface area (Å²) >= 11 is 0. The quantitative estimate of drug-likeness (QED) is 0.423. The highest BCUT2D eigenvalue weighted by Gasteiger charge is 2.19. The van der Waals surface area contributed by atoms with E-state index in [0.29, 0.717) is 16.5 Å². The zero-order chi connectivity index (χ0) is 19.5. The van der Waals surface area contributed by atoms with Crippen LogP contribution in [0.2, 0.25) is 0 Å². The molecule has 0 spiro atoms. The van der Waals surface area contributed by atoms with Crippen molar-refractivity contribution in [3.05, 3.63) is 71.8 Å². The van der Waals surface area contributed by atoms with Gasteiger partial charge in [0, 0.05) is 10.9 Å². The van der Waals surface area contributed by atoms with Gasteiger partial charge < -0.3 is 0 Å². The fraction of sp³-hybridized carbons (Fsp3) is 0.385. The molecule has 0 bridgehead atoms. The maximum atomic E-state index is 15.0. The molecule has 1 aliphatic carbocycles. The molecule has 3 aromatic rings. The van der Waals surface area contributed by atoms with Gasteiger partial charge in [-0.25, -0.2) is 8.78 Å². The largest absolute Gasteiger partial charge is 0.207 e. The molecule has 0 atom stereocenters. The van der Waals surface area contributed by atoms with Crippen LogP contribution in [0.3, 0.4) is 0 Å². The third kappa shape index (κ3) is 4.11. The van der Waals surface area contributed by atoms with Gasteiger partial charge in [0.1, 0.15) is 11.6 Å². The molecule has 0 saturated heterocycles. The lowest BCUT2D eigenvalue weighted by Crippen LogP contribution is -2.14. The molecule has 1 aliphatic rings. The summed E-state index contributed by atoms with van der Waals surface area (Å²) in [5, 5.41) is 1.57. The first-order chi connectivity index (χ1) is 13.6. The summed E-state index contributed by atoms with van der Waals surface area (Å²) in [6.07, 6.45) is 9.12. The van der Waals surface area contributed by atoms with Crippen LogP contribution in [-0.4, -0.2) is 0 Å². The first kappa shape index (κ1) is 19.1. The Morgan fingerprint density at radius 3 is 2.25 bits per heavy atom. The van der Waals surface area contributed by atoms with Gasteiger partial charge in [-0.2, -0.15) is 0 Å². The first-order valence-corrected chi connectivity index (χ1v) is 10.6. The Morgan fingerprint density at radius 1 is 0.821 bits per heavy atom. The van der Waals surface area contributed by atoms with Crippen molar-refractivity contribution in [2.45, 2.75) is 51.9 Å². The number of aryl methyl sites for hydroxylation is 1. The zero-order valence-electron chi connectivity index (χ0n) is 16.6. The van der Waals surface area contributed by atoms with Gasteiger partial charge in [0.2, 0.25) is 0 Å². The van der Waals surface area contributed by atoms with Crippen molar-refractivity contribution >= 4 is 10.8 Å². The van der Waals surface area contributed by atoms with Crippen LogP contribution in [0.25, 0.3) is 21.9 Å². The highest BCUT2D eigenvalue weighted by atomic mass is 19.1. The van der Waals surface area contributed by atoms with Gasteiger partial charge in [-0.1, -0.05) is 81.5 Å². The normalized spacial score (nSPS) is 19.8. The molecule has 1 saturated carbocycles. The standard InChI is InChI=1S/C26H28F2/c1-2-18-3-5-19(6-4-18)7-8-20-9-15-25-22(17-20)12-16-24(26(25)28)21-10-13-23(27)14-11-21/h9-19H,2-8H2,1H3. The first-order valence-electron chi connectivity index (χ1n) is 10.6. The van der Waals surface area contributed by atoms with Crippen LogP contribution in [0, 0.1) is 23.5 Å². The Hall–Kier alpha value is -2.22. The minimum Gasteiger partial charge on any atom is -0.207 e. The van der Waals surface area contributed by atoms with Crippen LogP contribution in [-0.2, 0) is 6.42 Å². The predicted octanol–water partition coefficient (Wildman–Crippen LogP) is 7.93. The molecular weight excluding hydrogens is 350 g/mol. The molecule has 146 valence electrons. The van der Waals surface area contributed by atoms with Crippen molar-refractivity contribution in [3.8, 4) is 11.1 Å². The molecule has 0 N–H and O–H groups in total.